The van der Waals surface area contributed by atoms with Crippen molar-refractivity contribution in [3.8, 4) is 0 Å². The fraction of sp³-hybridized carbons (Fsp3) is 0.143. The van der Waals surface area contributed by atoms with Gasteiger partial charge >= 0.3 is 0 Å². The standard InChI is InChI=1S/C14H15N3O2S2/c1-8-2-3-10(15)11(6-8)21-7-12(18)17-14-9(13(16)19)4-5-20-14/h2-6H,7,15H2,1H3,(H2,16,19)(H,17,18). The van der Waals surface area contributed by atoms with Crippen LogP contribution in [-0.4, -0.2) is 17.6 Å². The maximum atomic E-state index is 11.9. The van der Waals surface area contributed by atoms with E-state index in [1.165, 1.54) is 23.1 Å². The van der Waals surface area contributed by atoms with Gasteiger partial charge in [0.25, 0.3) is 5.91 Å². The minimum Gasteiger partial charge on any atom is -0.398 e. The highest BCUT2D eigenvalue weighted by Crippen LogP contribution is 2.27. The van der Waals surface area contributed by atoms with Crippen LogP contribution in [0.5, 0.6) is 0 Å². The molecule has 0 aliphatic carbocycles. The summed E-state index contributed by atoms with van der Waals surface area (Å²) in [6.07, 6.45) is 0. The van der Waals surface area contributed by atoms with Gasteiger partial charge in [-0.3, -0.25) is 9.59 Å². The van der Waals surface area contributed by atoms with Gasteiger partial charge in [-0.25, -0.2) is 0 Å². The number of hydrogen-bond donors (Lipinski definition) is 3. The van der Waals surface area contributed by atoms with E-state index in [9.17, 15) is 9.59 Å². The van der Waals surface area contributed by atoms with E-state index < -0.39 is 5.91 Å². The Balaban J connectivity index is 1.98. The smallest absolute Gasteiger partial charge is 0.251 e. The summed E-state index contributed by atoms with van der Waals surface area (Å²) in [6, 6.07) is 7.27. The third-order valence-electron chi connectivity index (χ3n) is 2.71. The number of nitrogen functional groups attached to an aromatic ring is 1. The molecule has 5 N–H and O–H groups in total. The molecule has 110 valence electrons. The number of rotatable bonds is 5. The van der Waals surface area contributed by atoms with Gasteiger partial charge in [-0.2, -0.15) is 0 Å². The molecule has 0 aliphatic rings. The van der Waals surface area contributed by atoms with Crippen LogP contribution in [-0.2, 0) is 4.79 Å². The van der Waals surface area contributed by atoms with Gasteiger partial charge in [0.15, 0.2) is 0 Å². The number of hydrogen-bond acceptors (Lipinski definition) is 5. The van der Waals surface area contributed by atoms with Crippen molar-refractivity contribution in [1.82, 2.24) is 0 Å². The molecule has 5 nitrogen and oxygen atoms in total. The zero-order chi connectivity index (χ0) is 15.4. The van der Waals surface area contributed by atoms with Gasteiger partial charge in [-0.15, -0.1) is 23.1 Å². The van der Waals surface area contributed by atoms with Crippen molar-refractivity contribution >= 4 is 45.6 Å². The van der Waals surface area contributed by atoms with Crippen LogP contribution < -0.4 is 16.8 Å². The van der Waals surface area contributed by atoms with Gasteiger partial charge in [-0.1, -0.05) is 6.07 Å². The predicted molar refractivity (Wildman–Crippen MR) is 87.8 cm³/mol. The summed E-state index contributed by atoms with van der Waals surface area (Å²) in [6.45, 7) is 1.97. The summed E-state index contributed by atoms with van der Waals surface area (Å²) in [4.78, 5) is 24.0. The first-order valence-corrected chi connectivity index (χ1v) is 8.00. The van der Waals surface area contributed by atoms with E-state index in [1.807, 2.05) is 25.1 Å². The van der Waals surface area contributed by atoms with Crippen LogP contribution in [0.4, 0.5) is 10.7 Å². The first-order chi connectivity index (χ1) is 9.97. The molecular formula is C14H15N3O2S2. The fourth-order valence-corrected chi connectivity index (χ4v) is 3.34. The summed E-state index contributed by atoms with van der Waals surface area (Å²) in [5, 5.41) is 4.88. The number of aryl methyl sites for hydroxylation is 1. The number of carbonyl (C=O) groups excluding carboxylic acids is 2. The average Bonchev–Trinajstić information content (AvgIpc) is 2.88. The Hall–Kier alpha value is -1.99. The third kappa shape index (κ3) is 3.99. The molecule has 7 heteroatoms. The van der Waals surface area contributed by atoms with Crippen LogP contribution in [0.15, 0.2) is 34.5 Å². The van der Waals surface area contributed by atoms with Gasteiger partial charge in [0.1, 0.15) is 5.00 Å². The lowest BCUT2D eigenvalue weighted by Crippen LogP contribution is -2.17. The second-order valence-electron chi connectivity index (χ2n) is 4.41. The summed E-state index contributed by atoms with van der Waals surface area (Å²) >= 11 is 2.62. The maximum Gasteiger partial charge on any atom is 0.251 e. The minimum absolute atomic E-state index is 0.203. The molecule has 2 amide bonds. The zero-order valence-corrected chi connectivity index (χ0v) is 13.0. The molecule has 0 unspecified atom stereocenters. The quantitative estimate of drug-likeness (QED) is 0.582. The number of nitrogens with one attached hydrogen (secondary N) is 1. The Labute approximate surface area is 130 Å². The molecule has 0 saturated heterocycles. The number of primary amides is 1. The molecule has 0 fully saturated rings. The Morgan fingerprint density at radius 1 is 1.33 bits per heavy atom. The number of thioether (sulfide) groups is 1. The van der Waals surface area contributed by atoms with Crippen molar-refractivity contribution in [2.75, 3.05) is 16.8 Å². The molecule has 1 heterocycles. The fourth-order valence-electron chi connectivity index (χ4n) is 1.67. The number of nitrogens with two attached hydrogens (primary N) is 2. The number of amides is 2. The van der Waals surface area contributed by atoms with Crippen molar-refractivity contribution in [3.05, 3.63) is 40.8 Å². The molecule has 0 bridgehead atoms. The Bertz CT molecular complexity index is 683. The van der Waals surface area contributed by atoms with Crippen LogP contribution in [0.25, 0.3) is 0 Å². The van der Waals surface area contributed by atoms with E-state index in [2.05, 4.69) is 5.32 Å². The van der Waals surface area contributed by atoms with E-state index in [1.54, 1.807) is 11.4 Å². The molecule has 0 radical (unpaired) electrons. The lowest BCUT2D eigenvalue weighted by molar-refractivity contribution is -0.113. The van der Waals surface area contributed by atoms with Crippen LogP contribution in [0.1, 0.15) is 15.9 Å². The second kappa shape index (κ2) is 6.64. The van der Waals surface area contributed by atoms with E-state index in [0.717, 1.165) is 10.5 Å². The highest BCUT2D eigenvalue weighted by atomic mass is 32.2. The Morgan fingerprint density at radius 2 is 2.10 bits per heavy atom. The predicted octanol–water partition coefficient (Wildman–Crippen LogP) is 2.47. The van der Waals surface area contributed by atoms with Crippen molar-refractivity contribution in [2.24, 2.45) is 5.73 Å². The maximum absolute atomic E-state index is 11.9. The molecular weight excluding hydrogens is 306 g/mol. The first kappa shape index (κ1) is 15.4. The SMILES string of the molecule is Cc1ccc(N)c(SCC(=O)Nc2sccc2C(N)=O)c1. The molecule has 0 saturated carbocycles. The van der Waals surface area contributed by atoms with Crippen molar-refractivity contribution in [3.63, 3.8) is 0 Å². The van der Waals surface area contributed by atoms with Gasteiger partial charge in [-0.05, 0) is 36.1 Å². The van der Waals surface area contributed by atoms with E-state index >= 15 is 0 Å². The van der Waals surface area contributed by atoms with Crippen LogP contribution in [0, 0.1) is 6.92 Å². The second-order valence-corrected chi connectivity index (χ2v) is 6.34. The van der Waals surface area contributed by atoms with Gasteiger partial charge in [0, 0.05) is 10.6 Å². The van der Waals surface area contributed by atoms with Crippen LogP contribution in [0.3, 0.4) is 0 Å². The van der Waals surface area contributed by atoms with Crippen molar-refractivity contribution in [1.29, 1.82) is 0 Å². The van der Waals surface area contributed by atoms with Crippen molar-refractivity contribution < 1.29 is 9.59 Å². The van der Waals surface area contributed by atoms with Gasteiger partial charge in [0.05, 0.1) is 11.3 Å². The molecule has 0 spiro atoms. The number of benzene rings is 1. The molecule has 1 aromatic heterocycles. The zero-order valence-electron chi connectivity index (χ0n) is 11.4. The average molecular weight is 321 g/mol. The minimum atomic E-state index is -0.554. The summed E-state index contributed by atoms with van der Waals surface area (Å²) in [7, 11) is 0. The summed E-state index contributed by atoms with van der Waals surface area (Å²) < 4.78 is 0. The summed E-state index contributed by atoms with van der Waals surface area (Å²) in [5.41, 5.74) is 13.2. The molecule has 2 rings (SSSR count). The molecule has 21 heavy (non-hydrogen) atoms. The monoisotopic (exact) mass is 321 g/mol. The molecule has 0 atom stereocenters. The van der Waals surface area contributed by atoms with E-state index in [0.29, 0.717) is 16.3 Å². The number of anilines is 2. The Kier molecular flexibility index (Phi) is 4.87. The lowest BCUT2D eigenvalue weighted by Gasteiger charge is -2.07. The Morgan fingerprint density at radius 3 is 2.81 bits per heavy atom. The molecule has 1 aromatic carbocycles. The first-order valence-electron chi connectivity index (χ1n) is 6.13. The van der Waals surface area contributed by atoms with Crippen LogP contribution >= 0.6 is 23.1 Å². The largest absolute Gasteiger partial charge is 0.398 e. The van der Waals surface area contributed by atoms with E-state index in [-0.39, 0.29) is 11.7 Å². The van der Waals surface area contributed by atoms with Crippen molar-refractivity contribution in [2.45, 2.75) is 11.8 Å². The normalized spacial score (nSPS) is 10.3. The highest BCUT2D eigenvalue weighted by molar-refractivity contribution is 8.00. The molecule has 2 aromatic rings. The lowest BCUT2D eigenvalue weighted by atomic mass is 10.2. The number of thiophene rings is 1. The van der Waals surface area contributed by atoms with Gasteiger partial charge < -0.3 is 16.8 Å². The topological polar surface area (TPSA) is 98.2 Å². The third-order valence-corrected chi connectivity index (χ3v) is 4.61. The van der Waals surface area contributed by atoms with Gasteiger partial charge in [0.2, 0.25) is 5.91 Å². The van der Waals surface area contributed by atoms with E-state index in [4.69, 9.17) is 11.5 Å². The summed E-state index contributed by atoms with van der Waals surface area (Å²) in [5.74, 6) is -0.544. The number of carbonyl (C=O) groups is 2. The molecule has 0 aliphatic heterocycles. The van der Waals surface area contributed by atoms with Crippen LogP contribution in [0.2, 0.25) is 0 Å². The highest BCUT2D eigenvalue weighted by Gasteiger charge is 2.13.